The highest BCUT2D eigenvalue weighted by Crippen LogP contribution is 2.41. The van der Waals surface area contributed by atoms with Crippen molar-refractivity contribution in [3.8, 4) is 18.1 Å². The van der Waals surface area contributed by atoms with Gasteiger partial charge in [-0.3, -0.25) is 9.59 Å². The quantitative estimate of drug-likeness (QED) is 0.501. The van der Waals surface area contributed by atoms with Crippen LogP contribution in [0.4, 0.5) is 0 Å². The summed E-state index contributed by atoms with van der Waals surface area (Å²) in [5.74, 6) is 3.08. The molecule has 178 valence electrons. The van der Waals surface area contributed by atoms with Crippen molar-refractivity contribution in [3.05, 3.63) is 52.8 Å². The van der Waals surface area contributed by atoms with Gasteiger partial charge in [0.2, 0.25) is 0 Å². The molecule has 1 N–H and O–H groups in total. The van der Waals surface area contributed by atoms with Gasteiger partial charge in [-0.05, 0) is 56.0 Å². The average molecular weight is 451 g/mol. The molecule has 0 fully saturated rings. The molecule has 0 unspecified atom stereocenters. The molecule has 1 aromatic carbocycles. The largest absolute Gasteiger partial charge is 0.486 e. The standard InChI is InChI=1S/C28H38N2O3/c1-9-17-29-26(32)22-14-16-24(30(22)12-4)28(10-2,11-3)21-13-15-23(20(5)18-21)33-19-25(31)27(6,7)8/h1,13-16,18H,10-12,17,19H2,2-8H3,(H,29,32). The van der Waals surface area contributed by atoms with Gasteiger partial charge in [-0.15, -0.1) is 6.42 Å². The maximum atomic E-state index is 12.7. The number of terminal acetylenes is 1. The van der Waals surface area contributed by atoms with Crippen LogP contribution in [0.25, 0.3) is 0 Å². The number of rotatable bonds is 10. The highest BCUT2D eigenvalue weighted by atomic mass is 16.5. The van der Waals surface area contributed by atoms with Crippen LogP contribution in [-0.4, -0.2) is 29.4 Å². The summed E-state index contributed by atoms with van der Waals surface area (Å²) in [5.41, 5.74) is 3.20. The number of hydrogen-bond acceptors (Lipinski definition) is 3. The number of ether oxygens (including phenoxy) is 1. The van der Waals surface area contributed by atoms with Gasteiger partial charge in [0.25, 0.3) is 5.91 Å². The third kappa shape index (κ3) is 5.50. The Morgan fingerprint density at radius 1 is 1.09 bits per heavy atom. The maximum Gasteiger partial charge on any atom is 0.268 e. The Balaban J connectivity index is 2.45. The summed E-state index contributed by atoms with van der Waals surface area (Å²) in [6.45, 7) is 15.0. The Morgan fingerprint density at radius 2 is 1.76 bits per heavy atom. The van der Waals surface area contributed by atoms with Crippen LogP contribution >= 0.6 is 0 Å². The molecule has 0 radical (unpaired) electrons. The first-order valence-corrected chi connectivity index (χ1v) is 11.7. The van der Waals surface area contributed by atoms with E-state index in [4.69, 9.17) is 11.2 Å². The summed E-state index contributed by atoms with van der Waals surface area (Å²) >= 11 is 0. The zero-order chi connectivity index (χ0) is 24.8. The fourth-order valence-electron chi connectivity index (χ4n) is 4.28. The minimum Gasteiger partial charge on any atom is -0.486 e. The van der Waals surface area contributed by atoms with Crippen molar-refractivity contribution in [2.75, 3.05) is 13.2 Å². The van der Waals surface area contributed by atoms with Gasteiger partial charge < -0.3 is 14.6 Å². The van der Waals surface area contributed by atoms with E-state index in [1.807, 2.05) is 46.8 Å². The lowest BCUT2D eigenvalue weighted by Crippen LogP contribution is -2.32. The lowest BCUT2D eigenvalue weighted by molar-refractivity contribution is -0.128. The van der Waals surface area contributed by atoms with Gasteiger partial charge in [0, 0.05) is 23.1 Å². The third-order valence-electron chi connectivity index (χ3n) is 6.50. The Morgan fingerprint density at radius 3 is 2.27 bits per heavy atom. The first-order chi connectivity index (χ1) is 15.5. The first-order valence-electron chi connectivity index (χ1n) is 11.7. The van der Waals surface area contributed by atoms with Crippen LogP contribution in [0.3, 0.4) is 0 Å². The van der Waals surface area contributed by atoms with Crippen LogP contribution in [0.2, 0.25) is 0 Å². The molecule has 2 aromatic rings. The molecular formula is C28H38N2O3. The number of benzene rings is 1. The Kier molecular flexibility index (Phi) is 8.55. The van der Waals surface area contributed by atoms with Crippen LogP contribution in [0.1, 0.15) is 81.7 Å². The third-order valence-corrected chi connectivity index (χ3v) is 6.50. The van der Waals surface area contributed by atoms with Crippen molar-refractivity contribution in [1.82, 2.24) is 9.88 Å². The van der Waals surface area contributed by atoms with E-state index in [9.17, 15) is 9.59 Å². The van der Waals surface area contributed by atoms with E-state index in [-0.39, 0.29) is 30.3 Å². The predicted molar refractivity (Wildman–Crippen MR) is 134 cm³/mol. The maximum absolute atomic E-state index is 12.7. The van der Waals surface area contributed by atoms with E-state index in [0.29, 0.717) is 12.2 Å². The van der Waals surface area contributed by atoms with Gasteiger partial charge in [0.15, 0.2) is 5.78 Å². The van der Waals surface area contributed by atoms with Gasteiger partial charge in [0.05, 0.1) is 6.54 Å². The number of aromatic nitrogens is 1. The SMILES string of the molecule is C#CCNC(=O)c1ccc(C(CC)(CC)c2ccc(OCC(=O)C(C)(C)C)c(C)c2)n1CC. The number of carbonyl (C=O) groups excluding carboxylic acids is 2. The van der Waals surface area contributed by atoms with Crippen LogP contribution in [0.15, 0.2) is 30.3 Å². The average Bonchev–Trinajstić information content (AvgIpc) is 3.22. The Hall–Kier alpha value is -3.00. The first kappa shape index (κ1) is 26.3. The van der Waals surface area contributed by atoms with Crippen LogP contribution in [-0.2, 0) is 16.8 Å². The Labute approximate surface area is 198 Å². The number of hydrogen-bond donors (Lipinski definition) is 1. The molecule has 1 aromatic heterocycles. The minimum atomic E-state index is -0.427. The normalized spacial score (nSPS) is 11.7. The molecule has 0 saturated carbocycles. The van der Waals surface area contributed by atoms with Crippen molar-refractivity contribution in [2.24, 2.45) is 5.41 Å². The van der Waals surface area contributed by atoms with Crippen molar-refractivity contribution < 1.29 is 14.3 Å². The van der Waals surface area contributed by atoms with E-state index >= 15 is 0 Å². The van der Waals surface area contributed by atoms with E-state index < -0.39 is 5.41 Å². The summed E-state index contributed by atoms with van der Waals surface area (Å²) < 4.78 is 7.94. The molecule has 5 heteroatoms. The summed E-state index contributed by atoms with van der Waals surface area (Å²) in [7, 11) is 0. The highest BCUT2D eigenvalue weighted by Gasteiger charge is 2.35. The molecule has 0 bridgehead atoms. The molecule has 0 aliphatic rings. The molecule has 0 aliphatic heterocycles. The van der Waals surface area contributed by atoms with Crippen molar-refractivity contribution in [3.63, 3.8) is 0 Å². The summed E-state index contributed by atoms with van der Waals surface area (Å²) in [5, 5.41) is 2.77. The smallest absolute Gasteiger partial charge is 0.268 e. The van der Waals surface area contributed by atoms with Gasteiger partial charge in [-0.2, -0.15) is 0 Å². The monoisotopic (exact) mass is 450 g/mol. The van der Waals surface area contributed by atoms with Crippen LogP contribution in [0, 0.1) is 24.7 Å². The van der Waals surface area contributed by atoms with Crippen molar-refractivity contribution >= 4 is 11.7 Å². The molecular weight excluding hydrogens is 412 g/mol. The van der Waals surface area contributed by atoms with Gasteiger partial charge in [-0.25, -0.2) is 0 Å². The lowest BCUT2D eigenvalue weighted by atomic mass is 9.72. The molecule has 0 aliphatic carbocycles. The number of nitrogens with zero attached hydrogens (tertiary/aromatic N) is 1. The molecule has 5 nitrogen and oxygen atoms in total. The second-order valence-corrected chi connectivity index (χ2v) is 9.47. The summed E-state index contributed by atoms with van der Waals surface area (Å²) in [4.78, 5) is 24.9. The van der Waals surface area contributed by atoms with Crippen LogP contribution < -0.4 is 10.1 Å². The number of nitrogens with one attached hydrogen (secondary N) is 1. The topological polar surface area (TPSA) is 60.3 Å². The zero-order valence-electron chi connectivity index (χ0n) is 21.2. The summed E-state index contributed by atoms with van der Waals surface area (Å²) in [6.07, 6.45) is 7.06. The number of aryl methyl sites for hydroxylation is 1. The second kappa shape index (κ2) is 10.7. The number of ketones is 1. The predicted octanol–water partition coefficient (Wildman–Crippen LogP) is 5.28. The number of carbonyl (C=O) groups is 2. The van der Waals surface area contributed by atoms with E-state index in [1.165, 1.54) is 5.56 Å². The fraction of sp³-hybridized carbons (Fsp3) is 0.500. The van der Waals surface area contributed by atoms with Gasteiger partial charge in [-0.1, -0.05) is 52.7 Å². The summed E-state index contributed by atoms with van der Waals surface area (Å²) in [6, 6.07) is 10.1. The molecule has 0 atom stereocenters. The lowest BCUT2D eigenvalue weighted by Gasteiger charge is -2.34. The van der Waals surface area contributed by atoms with E-state index in [1.54, 1.807) is 0 Å². The molecule has 33 heavy (non-hydrogen) atoms. The van der Waals surface area contributed by atoms with Crippen molar-refractivity contribution in [2.45, 2.75) is 73.3 Å². The van der Waals surface area contributed by atoms with Crippen LogP contribution in [0.5, 0.6) is 5.75 Å². The minimum absolute atomic E-state index is 0.0607. The molecule has 1 heterocycles. The molecule has 0 spiro atoms. The molecule has 2 rings (SSSR count). The highest BCUT2D eigenvalue weighted by molar-refractivity contribution is 5.93. The van der Waals surface area contributed by atoms with E-state index in [0.717, 1.165) is 29.8 Å². The number of amides is 1. The van der Waals surface area contributed by atoms with Crippen molar-refractivity contribution in [1.29, 1.82) is 0 Å². The number of Topliss-reactive ketones (excluding diaryl/α,β-unsaturated/α-hetero) is 1. The van der Waals surface area contributed by atoms with E-state index in [2.05, 4.69) is 47.9 Å². The molecule has 1 amide bonds. The Bertz CT molecular complexity index is 1030. The fourth-order valence-corrected chi connectivity index (χ4v) is 4.28. The molecule has 0 saturated heterocycles. The van der Waals surface area contributed by atoms with Gasteiger partial charge >= 0.3 is 0 Å². The second-order valence-electron chi connectivity index (χ2n) is 9.47. The van der Waals surface area contributed by atoms with Gasteiger partial charge in [0.1, 0.15) is 18.1 Å². The zero-order valence-corrected chi connectivity index (χ0v) is 21.2.